The molecular weight excluding hydrogens is 172 g/mol. The summed E-state index contributed by atoms with van der Waals surface area (Å²) in [7, 11) is 2.22. The van der Waals surface area contributed by atoms with Gasteiger partial charge >= 0.3 is 0 Å². The molecule has 0 rings (SSSR count). The molecule has 0 spiro atoms. The van der Waals surface area contributed by atoms with Crippen molar-refractivity contribution in [1.29, 1.82) is 0 Å². The van der Waals surface area contributed by atoms with E-state index in [-0.39, 0.29) is 0 Å². The Kier molecular flexibility index (Phi) is 6.38. The minimum absolute atomic E-state index is 0.339. The lowest BCUT2D eigenvalue weighted by Crippen LogP contribution is -2.42. The van der Waals surface area contributed by atoms with Crippen LogP contribution >= 0.6 is 0 Å². The Morgan fingerprint density at radius 3 is 2.29 bits per heavy atom. The van der Waals surface area contributed by atoms with Crippen LogP contribution in [0.3, 0.4) is 0 Å². The summed E-state index contributed by atoms with van der Waals surface area (Å²) in [6.07, 6.45) is 2.44. The first-order valence-electron chi connectivity index (χ1n) is 5.88. The van der Waals surface area contributed by atoms with E-state index in [9.17, 15) is 0 Å². The quantitative estimate of drug-likeness (QED) is 0.679. The average molecular weight is 200 g/mol. The van der Waals surface area contributed by atoms with Crippen LogP contribution in [0.25, 0.3) is 0 Å². The molecule has 0 aromatic carbocycles. The standard InChI is InChI=1S/C12H28N2/c1-7-12(4,5)14(6)10-9-11(3)13-8-2/h11,13H,7-10H2,1-6H3. The largest absolute Gasteiger partial charge is 0.314 e. The molecule has 1 unspecified atom stereocenters. The Morgan fingerprint density at radius 1 is 1.29 bits per heavy atom. The van der Waals surface area contributed by atoms with Gasteiger partial charge in [0, 0.05) is 11.6 Å². The van der Waals surface area contributed by atoms with Gasteiger partial charge in [0.15, 0.2) is 0 Å². The summed E-state index contributed by atoms with van der Waals surface area (Å²) in [5.41, 5.74) is 0.339. The summed E-state index contributed by atoms with van der Waals surface area (Å²) in [6.45, 7) is 13.5. The van der Waals surface area contributed by atoms with Gasteiger partial charge in [-0.2, -0.15) is 0 Å². The predicted molar refractivity (Wildman–Crippen MR) is 64.8 cm³/mol. The van der Waals surface area contributed by atoms with Crippen molar-refractivity contribution in [3.8, 4) is 0 Å². The van der Waals surface area contributed by atoms with E-state index in [4.69, 9.17) is 0 Å². The molecule has 0 aliphatic carbocycles. The van der Waals surface area contributed by atoms with Crippen molar-refractivity contribution in [1.82, 2.24) is 10.2 Å². The highest BCUT2D eigenvalue weighted by atomic mass is 15.2. The van der Waals surface area contributed by atoms with Gasteiger partial charge in [-0.1, -0.05) is 13.8 Å². The highest BCUT2D eigenvalue weighted by molar-refractivity contribution is 4.78. The van der Waals surface area contributed by atoms with Crippen LogP contribution in [0.1, 0.15) is 47.5 Å². The fourth-order valence-corrected chi connectivity index (χ4v) is 1.41. The zero-order valence-corrected chi connectivity index (χ0v) is 10.9. The lowest BCUT2D eigenvalue weighted by Gasteiger charge is -2.35. The van der Waals surface area contributed by atoms with E-state index in [1.807, 2.05) is 0 Å². The van der Waals surface area contributed by atoms with E-state index in [2.05, 4.69) is 51.9 Å². The molecule has 2 nitrogen and oxygen atoms in total. The van der Waals surface area contributed by atoms with Crippen LogP contribution in [0.5, 0.6) is 0 Å². The molecule has 0 radical (unpaired) electrons. The molecule has 0 aliphatic heterocycles. The third-order valence-electron chi connectivity index (χ3n) is 3.35. The van der Waals surface area contributed by atoms with E-state index in [0.717, 1.165) is 6.54 Å². The first-order valence-corrected chi connectivity index (χ1v) is 5.88. The molecule has 2 heteroatoms. The topological polar surface area (TPSA) is 15.3 Å². The summed E-state index contributed by atoms with van der Waals surface area (Å²) < 4.78 is 0. The van der Waals surface area contributed by atoms with Crippen LogP contribution in [-0.4, -0.2) is 36.6 Å². The van der Waals surface area contributed by atoms with Crippen LogP contribution < -0.4 is 5.32 Å². The molecular formula is C12H28N2. The van der Waals surface area contributed by atoms with E-state index < -0.39 is 0 Å². The molecule has 1 N–H and O–H groups in total. The zero-order valence-electron chi connectivity index (χ0n) is 10.9. The van der Waals surface area contributed by atoms with Gasteiger partial charge in [0.25, 0.3) is 0 Å². The van der Waals surface area contributed by atoms with E-state index in [0.29, 0.717) is 11.6 Å². The molecule has 0 amide bonds. The molecule has 0 heterocycles. The van der Waals surface area contributed by atoms with E-state index in [1.165, 1.54) is 19.4 Å². The van der Waals surface area contributed by atoms with Crippen molar-refractivity contribution in [2.24, 2.45) is 0 Å². The molecule has 14 heavy (non-hydrogen) atoms. The molecule has 0 aliphatic rings. The van der Waals surface area contributed by atoms with Crippen LogP contribution in [0.15, 0.2) is 0 Å². The summed E-state index contributed by atoms with van der Waals surface area (Å²) in [5.74, 6) is 0. The average Bonchev–Trinajstić information content (AvgIpc) is 2.14. The molecule has 0 bridgehead atoms. The number of hydrogen-bond acceptors (Lipinski definition) is 2. The minimum Gasteiger partial charge on any atom is -0.314 e. The summed E-state index contributed by atoms with van der Waals surface area (Å²) in [5, 5.41) is 3.44. The maximum atomic E-state index is 3.44. The number of rotatable bonds is 7. The fourth-order valence-electron chi connectivity index (χ4n) is 1.41. The van der Waals surface area contributed by atoms with Crippen molar-refractivity contribution >= 4 is 0 Å². The van der Waals surface area contributed by atoms with Gasteiger partial charge in [0.05, 0.1) is 0 Å². The summed E-state index contributed by atoms with van der Waals surface area (Å²) in [6, 6.07) is 0.634. The maximum absolute atomic E-state index is 3.44. The third kappa shape index (κ3) is 4.97. The van der Waals surface area contributed by atoms with E-state index in [1.54, 1.807) is 0 Å². The molecule has 0 aromatic rings. The first-order chi connectivity index (χ1) is 6.44. The van der Waals surface area contributed by atoms with Crippen LogP contribution in [-0.2, 0) is 0 Å². The van der Waals surface area contributed by atoms with Crippen molar-refractivity contribution in [2.45, 2.75) is 59.0 Å². The molecule has 0 saturated heterocycles. The Morgan fingerprint density at radius 2 is 1.86 bits per heavy atom. The van der Waals surface area contributed by atoms with Crippen molar-refractivity contribution in [3.63, 3.8) is 0 Å². The SMILES string of the molecule is CCNC(C)CCN(C)C(C)(C)CC. The van der Waals surface area contributed by atoms with Gasteiger partial charge < -0.3 is 10.2 Å². The van der Waals surface area contributed by atoms with Crippen molar-refractivity contribution in [2.75, 3.05) is 20.1 Å². The molecule has 0 aromatic heterocycles. The van der Waals surface area contributed by atoms with Gasteiger partial charge in [-0.3, -0.25) is 0 Å². The Balaban J connectivity index is 3.78. The highest BCUT2D eigenvalue weighted by Crippen LogP contribution is 2.16. The van der Waals surface area contributed by atoms with Crippen LogP contribution in [0.2, 0.25) is 0 Å². The lowest BCUT2D eigenvalue weighted by atomic mass is 9.99. The first kappa shape index (κ1) is 13.9. The second kappa shape index (κ2) is 6.41. The Hall–Kier alpha value is -0.0800. The summed E-state index contributed by atoms with van der Waals surface area (Å²) in [4.78, 5) is 2.46. The van der Waals surface area contributed by atoms with Gasteiger partial charge in [-0.15, -0.1) is 0 Å². The minimum atomic E-state index is 0.339. The van der Waals surface area contributed by atoms with Gasteiger partial charge in [-0.25, -0.2) is 0 Å². The van der Waals surface area contributed by atoms with Gasteiger partial charge in [-0.05, 0) is 53.8 Å². The maximum Gasteiger partial charge on any atom is 0.0147 e. The smallest absolute Gasteiger partial charge is 0.0147 e. The van der Waals surface area contributed by atoms with Crippen LogP contribution in [0, 0.1) is 0 Å². The molecule has 1 atom stereocenters. The highest BCUT2D eigenvalue weighted by Gasteiger charge is 2.20. The predicted octanol–water partition coefficient (Wildman–Crippen LogP) is 2.49. The fraction of sp³-hybridized carbons (Fsp3) is 1.00. The normalized spacial score (nSPS) is 14.8. The van der Waals surface area contributed by atoms with Gasteiger partial charge in [0.2, 0.25) is 0 Å². The summed E-state index contributed by atoms with van der Waals surface area (Å²) >= 11 is 0. The zero-order chi connectivity index (χ0) is 11.2. The van der Waals surface area contributed by atoms with E-state index >= 15 is 0 Å². The van der Waals surface area contributed by atoms with Gasteiger partial charge in [0.1, 0.15) is 0 Å². The Labute approximate surface area is 90.1 Å². The lowest BCUT2D eigenvalue weighted by molar-refractivity contribution is 0.145. The van der Waals surface area contributed by atoms with Crippen molar-refractivity contribution < 1.29 is 0 Å². The van der Waals surface area contributed by atoms with Crippen molar-refractivity contribution in [3.05, 3.63) is 0 Å². The second-order valence-electron chi connectivity index (χ2n) is 4.83. The molecule has 0 saturated carbocycles. The number of hydrogen-bond donors (Lipinski definition) is 1. The molecule has 86 valence electrons. The Bertz CT molecular complexity index is 143. The third-order valence-corrected chi connectivity index (χ3v) is 3.35. The number of nitrogens with one attached hydrogen (secondary N) is 1. The molecule has 0 fully saturated rings. The monoisotopic (exact) mass is 200 g/mol. The van der Waals surface area contributed by atoms with Crippen LogP contribution in [0.4, 0.5) is 0 Å². The number of nitrogens with zero attached hydrogens (tertiary/aromatic N) is 1. The second-order valence-corrected chi connectivity index (χ2v) is 4.83.